The number of halogens is 3. The molecule has 182 valence electrons. The topological polar surface area (TPSA) is 102 Å². The molecule has 7 nitrogen and oxygen atoms in total. The van der Waals surface area contributed by atoms with Crippen LogP contribution >= 0.6 is 47.8 Å². The second-order valence-electron chi connectivity index (χ2n) is 6.50. The zero-order valence-electron chi connectivity index (χ0n) is 17.9. The molecule has 2 N–H and O–H groups in total. The highest BCUT2D eigenvalue weighted by Gasteiger charge is 2.14. The third-order valence-corrected chi connectivity index (χ3v) is 6.19. The van der Waals surface area contributed by atoms with Gasteiger partial charge >= 0.3 is 0 Å². The number of aromatic hydroxyl groups is 1. The monoisotopic (exact) mass is 652 g/mol. The number of benzene rings is 2. The molecule has 1 atom stereocenters. The summed E-state index contributed by atoms with van der Waals surface area (Å²) < 4.78 is 17.7. The van der Waals surface area contributed by atoms with Crippen molar-refractivity contribution in [2.45, 2.75) is 25.6 Å². The number of aliphatic hydroxyl groups is 1. The molecular formula is C23H27Br3O7. The summed E-state index contributed by atoms with van der Waals surface area (Å²) in [5.41, 5.74) is 1.04. The first kappa shape index (κ1) is 29.7. The second kappa shape index (κ2) is 18.1. The SMILES string of the molecule is O=Cc1cccc(O)c1Br.O=Cc1cccc(OCCOC2CCCCO2)c1Br.OCCBr. The van der Waals surface area contributed by atoms with Crippen LogP contribution in [-0.2, 0) is 9.47 Å². The number of phenols is 1. The lowest BCUT2D eigenvalue weighted by atomic mass is 10.2. The summed E-state index contributed by atoms with van der Waals surface area (Å²) in [5.74, 6) is 0.738. The van der Waals surface area contributed by atoms with E-state index in [4.69, 9.17) is 24.4 Å². The average molecular weight is 655 g/mol. The molecule has 1 aliphatic heterocycles. The van der Waals surface area contributed by atoms with E-state index in [1.807, 2.05) is 6.07 Å². The molecule has 1 heterocycles. The molecule has 0 bridgehead atoms. The standard InChI is InChI=1S/C14H17BrO4.C7H5BrO2.C2H5BrO/c15-14-11(10-16)4-3-5-12(14)17-8-9-19-13-6-1-2-7-18-13;8-7-5(4-9)2-1-3-6(7)10;3-1-2-4/h3-5,10,13H,1-2,6-9H2;1-4,10H;4H,1-2H2. The quantitative estimate of drug-likeness (QED) is 0.219. The highest BCUT2D eigenvalue weighted by atomic mass is 79.9. The molecule has 1 aliphatic rings. The van der Waals surface area contributed by atoms with Gasteiger partial charge in [-0.1, -0.05) is 40.2 Å². The molecule has 1 saturated heterocycles. The zero-order chi connectivity index (χ0) is 24.5. The molecule has 0 saturated carbocycles. The molecule has 3 rings (SSSR count). The van der Waals surface area contributed by atoms with Crippen LogP contribution in [0.5, 0.6) is 11.5 Å². The minimum absolute atomic E-state index is 0.0876. The summed E-state index contributed by atoms with van der Waals surface area (Å²) in [6, 6.07) is 10.1. The molecule has 33 heavy (non-hydrogen) atoms. The molecule has 0 aromatic heterocycles. The Morgan fingerprint density at radius 3 is 2.18 bits per heavy atom. The van der Waals surface area contributed by atoms with Gasteiger partial charge < -0.3 is 24.4 Å². The second-order valence-corrected chi connectivity index (χ2v) is 8.88. The van der Waals surface area contributed by atoms with Gasteiger partial charge in [-0.25, -0.2) is 0 Å². The lowest BCUT2D eigenvalue weighted by Crippen LogP contribution is -2.24. The predicted octanol–water partition coefficient (Wildman–Crippen LogP) is 5.52. The van der Waals surface area contributed by atoms with Crippen LogP contribution in [0.2, 0.25) is 0 Å². The Labute approximate surface area is 218 Å². The fourth-order valence-electron chi connectivity index (χ4n) is 2.53. The van der Waals surface area contributed by atoms with Gasteiger partial charge in [-0.3, -0.25) is 9.59 Å². The van der Waals surface area contributed by atoms with Crippen LogP contribution < -0.4 is 4.74 Å². The molecular weight excluding hydrogens is 628 g/mol. The van der Waals surface area contributed by atoms with E-state index in [2.05, 4.69) is 47.8 Å². The number of carbonyl (C=O) groups excluding carboxylic acids is 2. The number of hydrogen-bond donors (Lipinski definition) is 2. The molecule has 0 aliphatic carbocycles. The van der Waals surface area contributed by atoms with Crippen LogP contribution in [0.15, 0.2) is 45.3 Å². The predicted molar refractivity (Wildman–Crippen MR) is 137 cm³/mol. The van der Waals surface area contributed by atoms with Gasteiger partial charge in [0.15, 0.2) is 18.9 Å². The van der Waals surface area contributed by atoms with Crippen LogP contribution in [0.3, 0.4) is 0 Å². The van der Waals surface area contributed by atoms with Crippen molar-refractivity contribution in [3.8, 4) is 11.5 Å². The first-order valence-corrected chi connectivity index (χ1v) is 12.9. The molecule has 10 heteroatoms. The largest absolute Gasteiger partial charge is 0.507 e. The van der Waals surface area contributed by atoms with Crippen LogP contribution in [0.1, 0.15) is 40.0 Å². The number of ether oxygens (including phenoxy) is 3. The highest BCUT2D eigenvalue weighted by molar-refractivity contribution is 9.11. The van der Waals surface area contributed by atoms with Crippen LogP contribution in [-0.4, -0.2) is 60.8 Å². The van der Waals surface area contributed by atoms with Gasteiger partial charge in [-0.05, 0) is 63.3 Å². The van der Waals surface area contributed by atoms with E-state index < -0.39 is 0 Å². The first-order chi connectivity index (χ1) is 16.0. The van der Waals surface area contributed by atoms with Crippen molar-refractivity contribution in [2.75, 3.05) is 31.8 Å². The number of aldehydes is 2. The zero-order valence-corrected chi connectivity index (χ0v) is 22.7. The van der Waals surface area contributed by atoms with E-state index in [1.165, 1.54) is 6.07 Å². The van der Waals surface area contributed by atoms with Gasteiger partial charge in [0.2, 0.25) is 0 Å². The lowest BCUT2D eigenvalue weighted by Gasteiger charge is -2.22. The molecule has 0 amide bonds. The summed E-state index contributed by atoms with van der Waals surface area (Å²) in [7, 11) is 0. The van der Waals surface area contributed by atoms with Crippen LogP contribution in [0.4, 0.5) is 0 Å². The van der Waals surface area contributed by atoms with Gasteiger partial charge in [0.05, 0.1) is 22.2 Å². The highest BCUT2D eigenvalue weighted by Crippen LogP contribution is 2.27. The Balaban J connectivity index is 0.000000325. The molecule has 2 aromatic rings. The van der Waals surface area contributed by atoms with E-state index in [0.29, 0.717) is 50.7 Å². The summed E-state index contributed by atoms with van der Waals surface area (Å²) in [5, 5.41) is 17.5. The van der Waals surface area contributed by atoms with E-state index >= 15 is 0 Å². The maximum Gasteiger partial charge on any atom is 0.157 e. The van der Waals surface area contributed by atoms with Crippen molar-refractivity contribution in [3.05, 3.63) is 56.5 Å². The van der Waals surface area contributed by atoms with Gasteiger partial charge in [0, 0.05) is 23.1 Å². The third-order valence-electron chi connectivity index (χ3n) is 4.12. The van der Waals surface area contributed by atoms with Crippen LogP contribution in [0.25, 0.3) is 0 Å². The summed E-state index contributed by atoms with van der Waals surface area (Å²) >= 11 is 9.41. The minimum atomic E-state index is -0.0953. The van der Waals surface area contributed by atoms with Crippen molar-refractivity contribution >= 4 is 60.4 Å². The smallest absolute Gasteiger partial charge is 0.157 e. The van der Waals surface area contributed by atoms with Crippen molar-refractivity contribution in [1.82, 2.24) is 0 Å². The number of carbonyl (C=O) groups is 2. The third kappa shape index (κ3) is 11.6. The van der Waals surface area contributed by atoms with E-state index in [9.17, 15) is 9.59 Å². The van der Waals surface area contributed by atoms with Crippen LogP contribution in [0, 0.1) is 0 Å². The minimum Gasteiger partial charge on any atom is -0.507 e. The number of aliphatic hydroxyl groups excluding tert-OH is 1. The average Bonchev–Trinajstić information content (AvgIpc) is 2.85. The Morgan fingerprint density at radius 2 is 1.64 bits per heavy atom. The van der Waals surface area contributed by atoms with Crippen molar-refractivity contribution in [3.63, 3.8) is 0 Å². The van der Waals surface area contributed by atoms with Gasteiger partial charge in [-0.15, -0.1) is 0 Å². The number of phenolic OH excluding ortho intramolecular Hbond substituents is 1. The molecule has 2 aromatic carbocycles. The Hall–Kier alpha value is -1.30. The van der Waals surface area contributed by atoms with Crippen molar-refractivity contribution < 1.29 is 34.0 Å². The Kier molecular flexibility index (Phi) is 16.3. The summed E-state index contributed by atoms with van der Waals surface area (Å²) in [6.45, 7) is 1.92. The van der Waals surface area contributed by atoms with E-state index in [1.54, 1.807) is 24.3 Å². The lowest BCUT2D eigenvalue weighted by molar-refractivity contribution is -0.165. The molecule has 0 radical (unpaired) electrons. The Bertz CT molecular complexity index is 841. The number of hydrogen-bond acceptors (Lipinski definition) is 7. The van der Waals surface area contributed by atoms with Gasteiger partial charge in [0.1, 0.15) is 18.1 Å². The number of rotatable bonds is 8. The maximum atomic E-state index is 10.8. The van der Waals surface area contributed by atoms with E-state index in [0.717, 1.165) is 32.2 Å². The summed E-state index contributed by atoms with van der Waals surface area (Å²) in [4.78, 5) is 21.0. The van der Waals surface area contributed by atoms with E-state index in [-0.39, 0.29) is 18.6 Å². The fourth-order valence-corrected chi connectivity index (χ4v) is 3.36. The molecule has 1 unspecified atom stereocenters. The van der Waals surface area contributed by atoms with Crippen molar-refractivity contribution in [2.24, 2.45) is 0 Å². The van der Waals surface area contributed by atoms with Gasteiger partial charge in [0.25, 0.3) is 0 Å². The molecule has 1 fully saturated rings. The van der Waals surface area contributed by atoms with Gasteiger partial charge in [-0.2, -0.15) is 0 Å². The van der Waals surface area contributed by atoms with Crippen molar-refractivity contribution in [1.29, 1.82) is 0 Å². The summed E-state index contributed by atoms with van der Waals surface area (Å²) in [6.07, 6.45) is 4.60. The normalized spacial score (nSPS) is 14.7. The first-order valence-electron chi connectivity index (χ1n) is 10.2. The number of alkyl halides is 1. The molecule has 0 spiro atoms. The Morgan fingerprint density at radius 1 is 1.00 bits per heavy atom. The fraction of sp³-hybridized carbons (Fsp3) is 0.391. The maximum absolute atomic E-state index is 10.8.